The molecule has 1 aromatic rings. The van der Waals surface area contributed by atoms with Gasteiger partial charge in [0.25, 0.3) is 5.56 Å². The van der Waals surface area contributed by atoms with Crippen LogP contribution in [0.1, 0.15) is 32.3 Å². The van der Waals surface area contributed by atoms with E-state index in [4.69, 9.17) is 5.73 Å². The Labute approximate surface area is 105 Å². The van der Waals surface area contributed by atoms with E-state index >= 15 is 0 Å². The quantitative estimate of drug-likeness (QED) is 0.925. The molecule has 16 heavy (non-hydrogen) atoms. The van der Waals surface area contributed by atoms with E-state index in [1.807, 2.05) is 6.92 Å². The van der Waals surface area contributed by atoms with Crippen LogP contribution in [0.3, 0.4) is 0 Å². The van der Waals surface area contributed by atoms with E-state index in [0.29, 0.717) is 16.1 Å². The summed E-state index contributed by atoms with van der Waals surface area (Å²) in [5, 5.41) is 0. The SMILES string of the molecule is CCC(CC)Cn1cc(N)c(C)c(Br)c1=O. The van der Waals surface area contributed by atoms with Crippen molar-refractivity contribution in [1.29, 1.82) is 0 Å². The Bertz CT molecular complexity index is 422. The molecule has 0 atom stereocenters. The molecule has 0 spiro atoms. The molecule has 3 nitrogen and oxygen atoms in total. The highest BCUT2D eigenvalue weighted by Crippen LogP contribution is 2.18. The Morgan fingerprint density at radius 3 is 2.50 bits per heavy atom. The second-order valence-electron chi connectivity index (χ2n) is 4.16. The van der Waals surface area contributed by atoms with Gasteiger partial charge in [-0.05, 0) is 34.3 Å². The fraction of sp³-hybridized carbons (Fsp3) is 0.583. The summed E-state index contributed by atoms with van der Waals surface area (Å²) in [4.78, 5) is 12.0. The van der Waals surface area contributed by atoms with Crippen molar-refractivity contribution in [3.05, 3.63) is 26.6 Å². The minimum Gasteiger partial charge on any atom is -0.397 e. The molecule has 2 N–H and O–H groups in total. The van der Waals surface area contributed by atoms with Gasteiger partial charge in [-0.25, -0.2) is 0 Å². The predicted molar refractivity (Wildman–Crippen MR) is 71.6 cm³/mol. The molecule has 0 bridgehead atoms. The lowest BCUT2D eigenvalue weighted by Gasteiger charge is -2.16. The van der Waals surface area contributed by atoms with Gasteiger partial charge in [-0.1, -0.05) is 26.7 Å². The van der Waals surface area contributed by atoms with Crippen molar-refractivity contribution >= 4 is 21.6 Å². The van der Waals surface area contributed by atoms with Crippen LogP contribution in [0.25, 0.3) is 0 Å². The number of rotatable bonds is 4. The molecular formula is C12H19BrN2O. The van der Waals surface area contributed by atoms with Crippen LogP contribution in [-0.2, 0) is 6.54 Å². The second-order valence-corrected chi connectivity index (χ2v) is 4.96. The van der Waals surface area contributed by atoms with E-state index in [2.05, 4.69) is 29.8 Å². The molecule has 0 aliphatic heterocycles. The van der Waals surface area contributed by atoms with Gasteiger partial charge in [0.2, 0.25) is 0 Å². The van der Waals surface area contributed by atoms with Crippen LogP contribution < -0.4 is 11.3 Å². The van der Waals surface area contributed by atoms with Gasteiger partial charge in [-0.2, -0.15) is 0 Å². The Morgan fingerprint density at radius 2 is 2.00 bits per heavy atom. The highest BCUT2D eigenvalue weighted by Gasteiger charge is 2.11. The smallest absolute Gasteiger partial charge is 0.265 e. The summed E-state index contributed by atoms with van der Waals surface area (Å²) in [5.41, 5.74) is 7.36. The zero-order chi connectivity index (χ0) is 12.3. The van der Waals surface area contributed by atoms with Gasteiger partial charge >= 0.3 is 0 Å². The number of aromatic nitrogens is 1. The normalized spacial score (nSPS) is 11.1. The van der Waals surface area contributed by atoms with E-state index in [9.17, 15) is 4.79 Å². The number of halogens is 1. The highest BCUT2D eigenvalue weighted by atomic mass is 79.9. The van der Waals surface area contributed by atoms with Gasteiger partial charge in [-0.15, -0.1) is 0 Å². The standard InChI is InChI=1S/C12H19BrN2O/c1-4-9(5-2)6-15-7-10(14)8(3)11(13)12(15)16/h7,9H,4-6,14H2,1-3H3. The second kappa shape index (κ2) is 5.53. The average molecular weight is 287 g/mol. The molecule has 0 radical (unpaired) electrons. The Hall–Kier alpha value is -0.770. The average Bonchev–Trinajstić information content (AvgIpc) is 2.29. The van der Waals surface area contributed by atoms with E-state index in [-0.39, 0.29) is 5.56 Å². The third kappa shape index (κ3) is 2.67. The van der Waals surface area contributed by atoms with Gasteiger partial charge < -0.3 is 10.3 Å². The zero-order valence-electron chi connectivity index (χ0n) is 10.1. The molecule has 90 valence electrons. The fourth-order valence-electron chi connectivity index (χ4n) is 1.70. The summed E-state index contributed by atoms with van der Waals surface area (Å²) in [5.74, 6) is 0.534. The Balaban J connectivity index is 3.11. The number of nitrogens with two attached hydrogens (primary N) is 1. The third-order valence-corrected chi connectivity index (χ3v) is 4.05. The summed E-state index contributed by atoms with van der Waals surface area (Å²) in [6, 6.07) is 0. The maximum absolute atomic E-state index is 12.0. The van der Waals surface area contributed by atoms with Gasteiger partial charge in [0, 0.05) is 12.7 Å². The molecule has 0 amide bonds. The Kier molecular flexibility index (Phi) is 4.59. The fourth-order valence-corrected chi connectivity index (χ4v) is 2.15. The Morgan fingerprint density at radius 1 is 1.44 bits per heavy atom. The van der Waals surface area contributed by atoms with E-state index in [1.54, 1.807) is 10.8 Å². The van der Waals surface area contributed by atoms with E-state index in [0.717, 1.165) is 24.9 Å². The number of hydrogen-bond donors (Lipinski definition) is 1. The van der Waals surface area contributed by atoms with Crippen LogP contribution in [0.4, 0.5) is 5.69 Å². The predicted octanol–water partition coefficient (Wildman–Crippen LogP) is 2.94. The van der Waals surface area contributed by atoms with Gasteiger partial charge in [-0.3, -0.25) is 4.79 Å². The van der Waals surface area contributed by atoms with Crippen LogP contribution >= 0.6 is 15.9 Å². The van der Waals surface area contributed by atoms with Crippen molar-refractivity contribution in [3.8, 4) is 0 Å². The summed E-state index contributed by atoms with van der Waals surface area (Å²) in [6.07, 6.45) is 3.91. The first kappa shape index (κ1) is 13.3. The number of nitrogens with zero attached hydrogens (tertiary/aromatic N) is 1. The molecule has 0 saturated heterocycles. The zero-order valence-corrected chi connectivity index (χ0v) is 11.7. The summed E-state index contributed by atoms with van der Waals surface area (Å²) in [7, 11) is 0. The molecule has 1 heterocycles. The van der Waals surface area contributed by atoms with Crippen LogP contribution in [-0.4, -0.2) is 4.57 Å². The van der Waals surface area contributed by atoms with Gasteiger partial charge in [0.15, 0.2) is 0 Å². The minimum absolute atomic E-state index is 0.0126. The first-order valence-electron chi connectivity index (χ1n) is 5.66. The van der Waals surface area contributed by atoms with Crippen molar-refractivity contribution < 1.29 is 0 Å². The molecule has 0 aromatic carbocycles. The first-order valence-corrected chi connectivity index (χ1v) is 6.45. The summed E-state index contributed by atoms with van der Waals surface area (Å²) < 4.78 is 2.29. The lowest BCUT2D eigenvalue weighted by atomic mass is 10.0. The topological polar surface area (TPSA) is 48.0 Å². The molecule has 1 rings (SSSR count). The van der Waals surface area contributed by atoms with Crippen molar-refractivity contribution in [2.24, 2.45) is 5.92 Å². The molecule has 0 saturated carbocycles. The van der Waals surface area contributed by atoms with Crippen molar-refractivity contribution in [1.82, 2.24) is 4.57 Å². The monoisotopic (exact) mass is 286 g/mol. The molecule has 4 heteroatoms. The van der Waals surface area contributed by atoms with Crippen LogP contribution in [0.5, 0.6) is 0 Å². The summed E-state index contributed by atoms with van der Waals surface area (Å²) >= 11 is 3.30. The minimum atomic E-state index is 0.0126. The first-order chi connectivity index (χ1) is 7.51. The van der Waals surface area contributed by atoms with Crippen LogP contribution in [0.2, 0.25) is 0 Å². The molecule has 0 fully saturated rings. The van der Waals surface area contributed by atoms with E-state index in [1.165, 1.54) is 0 Å². The third-order valence-electron chi connectivity index (χ3n) is 3.12. The highest BCUT2D eigenvalue weighted by molar-refractivity contribution is 9.10. The van der Waals surface area contributed by atoms with Crippen LogP contribution in [0, 0.1) is 12.8 Å². The molecule has 1 aromatic heterocycles. The lowest BCUT2D eigenvalue weighted by Crippen LogP contribution is -2.25. The number of hydrogen-bond acceptors (Lipinski definition) is 2. The number of nitrogen functional groups attached to an aromatic ring is 1. The van der Waals surface area contributed by atoms with Crippen LogP contribution in [0.15, 0.2) is 15.5 Å². The molecular weight excluding hydrogens is 268 g/mol. The van der Waals surface area contributed by atoms with Crippen molar-refractivity contribution in [2.75, 3.05) is 5.73 Å². The molecule has 0 aliphatic carbocycles. The van der Waals surface area contributed by atoms with Gasteiger partial charge in [0.05, 0.1) is 10.2 Å². The maximum Gasteiger partial charge on any atom is 0.265 e. The molecule has 0 aliphatic rings. The van der Waals surface area contributed by atoms with Crippen molar-refractivity contribution in [2.45, 2.75) is 40.2 Å². The lowest BCUT2D eigenvalue weighted by molar-refractivity contribution is 0.411. The maximum atomic E-state index is 12.0. The molecule has 0 unspecified atom stereocenters. The number of pyridine rings is 1. The van der Waals surface area contributed by atoms with Gasteiger partial charge in [0.1, 0.15) is 0 Å². The number of anilines is 1. The largest absolute Gasteiger partial charge is 0.397 e. The van der Waals surface area contributed by atoms with Crippen molar-refractivity contribution in [3.63, 3.8) is 0 Å². The summed E-state index contributed by atoms with van der Waals surface area (Å²) in [6.45, 7) is 6.88. The van der Waals surface area contributed by atoms with E-state index < -0.39 is 0 Å².